The van der Waals surface area contributed by atoms with Crippen molar-refractivity contribution in [2.75, 3.05) is 38.0 Å². The monoisotopic (exact) mass is 464 g/mol. The van der Waals surface area contributed by atoms with Gasteiger partial charge in [-0.1, -0.05) is 41.6 Å². The molecule has 0 aliphatic carbocycles. The molecule has 2 aromatic rings. The standard InChI is InChI=1S/C21H24N2O3S.BrH/c1-15-5-7-16(8-6-15)18(24)14-23(21-22-11-4-12-27-21)17-9-10-19(25-2)20(13-17)26-3;/h5-10,13H,4,11-12,14H2,1-3H3;1H. The Bertz CT molecular complexity index is 840. The highest BCUT2D eigenvalue weighted by molar-refractivity contribution is 8.93. The van der Waals surface area contributed by atoms with E-state index >= 15 is 0 Å². The molecule has 28 heavy (non-hydrogen) atoms. The van der Waals surface area contributed by atoms with E-state index in [1.165, 1.54) is 0 Å². The van der Waals surface area contributed by atoms with Crippen LogP contribution in [0.3, 0.4) is 0 Å². The first-order valence-corrected chi connectivity index (χ1v) is 9.87. The summed E-state index contributed by atoms with van der Waals surface area (Å²) in [6.45, 7) is 3.02. The van der Waals surface area contributed by atoms with Crippen LogP contribution in [0, 0.1) is 6.92 Å². The van der Waals surface area contributed by atoms with Gasteiger partial charge in [-0.15, -0.1) is 17.0 Å². The molecule has 2 aromatic carbocycles. The van der Waals surface area contributed by atoms with Gasteiger partial charge in [-0.05, 0) is 25.5 Å². The van der Waals surface area contributed by atoms with Gasteiger partial charge in [0.15, 0.2) is 22.4 Å². The average molecular weight is 465 g/mol. The lowest BCUT2D eigenvalue weighted by molar-refractivity contribution is 0.100. The van der Waals surface area contributed by atoms with Crippen molar-refractivity contribution in [3.8, 4) is 11.5 Å². The average Bonchev–Trinajstić information content (AvgIpc) is 2.72. The molecule has 0 N–H and O–H groups in total. The summed E-state index contributed by atoms with van der Waals surface area (Å²) in [5.41, 5.74) is 2.70. The number of halogens is 1. The molecule has 150 valence electrons. The number of carbonyl (C=O) groups is 1. The highest BCUT2D eigenvalue weighted by Gasteiger charge is 2.22. The van der Waals surface area contributed by atoms with Crippen LogP contribution in [0.15, 0.2) is 47.5 Å². The van der Waals surface area contributed by atoms with Crippen molar-refractivity contribution in [2.24, 2.45) is 4.99 Å². The summed E-state index contributed by atoms with van der Waals surface area (Å²) >= 11 is 1.68. The Hall–Kier alpha value is -1.99. The molecular weight excluding hydrogens is 440 g/mol. The maximum absolute atomic E-state index is 12.9. The number of carbonyl (C=O) groups excluding carboxylic acids is 1. The minimum Gasteiger partial charge on any atom is -0.493 e. The van der Waals surface area contributed by atoms with Crippen molar-refractivity contribution in [1.29, 1.82) is 0 Å². The Balaban J connectivity index is 0.00000280. The smallest absolute Gasteiger partial charge is 0.182 e. The number of aryl methyl sites for hydroxylation is 1. The predicted octanol–water partition coefficient (Wildman–Crippen LogP) is 4.77. The van der Waals surface area contributed by atoms with Gasteiger partial charge in [-0.3, -0.25) is 9.79 Å². The van der Waals surface area contributed by atoms with E-state index in [0.29, 0.717) is 17.1 Å². The van der Waals surface area contributed by atoms with Crippen LogP contribution in [0.25, 0.3) is 0 Å². The van der Waals surface area contributed by atoms with Gasteiger partial charge >= 0.3 is 0 Å². The van der Waals surface area contributed by atoms with E-state index in [9.17, 15) is 4.79 Å². The molecule has 0 atom stereocenters. The molecule has 7 heteroatoms. The molecule has 0 saturated carbocycles. The first-order valence-electron chi connectivity index (χ1n) is 8.89. The van der Waals surface area contributed by atoms with Gasteiger partial charge in [0.25, 0.3) is 0 Å². The third-order valence-corrected chi connectivity index (χ3v) is 5.47. The molecule has 0 spiro atoms. The molecule has 0 saturated heterocycles. The number of Topliss-reactive ketones (excluding diaryl/α,β-unsaturated/α-hetero) is 1. The molecule has 0 radical (unpaired) electrons. The normalized spacial score (nSPS) is 13.2. The van der Waals surface area contributed by atoms with Gasteiger partial charge in [0, 0.05) is 29.6 Å². The minimum absolute atomic E-state index is 0. The highest BCUT2D eigenvalue weighted by atomic mass is 79.9. The second-order valence-corrected chi connectivity index (χ2v) is 7.34. The first kappa shape index (κ1) is 22.3. The quantitative estimate of drug-likeness (QED) is 0.576. The van der Waals surface area contributed by atoms with Gasteiger partial charge in [0.05, 0.1) is 20.8 Å². The van der Waals surface area contributed by atoms with Crippen LogP contribution in [-0.2, 0) is 0 Å². The number of hydrogen-bond donors (Lipinski definition) is 0. The van der Waals surface area contributed by atoms with Crippen molar-refractivity contribution in [1.82, 2.24) is 0 Å². The Morgan fingerprint density at radius 2 is 1.82 bits per heavy atom. The molecule has 0 amide bonds. The number of ether oxygens (including phenoxy) is 2. The molecule has 0 bridgehead atoms. The van der Waals surface area contributed by atoms with Crippen molar-refractivity contribution in [3.63, 3.8) is 0 Å². The first-order chi connectivity index (χ1) is 13.1. The fraction of sp³-hybridized carbons (Fsp3) is 0.333. The zero-order valence-electron chi connectivity index (χ0n) is 16.3. The minimum atomic E-state index is 0. The molecule has 0 unspecified atom stereocenters. The summed E-state index contributed by atoms with van der Waals surface area (Å²) in [6, 6.07) is 13.3. The second-order valence-electron chi connectivity index (χ2n) is 6.28. The SMILES string of the molecule is Br.COc1ccc(N(CC(=O)c2ccc(C)cc2)C2=NCCCS2)cc1OC. The number of ketones is 1. The lowest BCUT2D eigenvalue weighted by Crippen LogP contribution is -2.35. The number of thioether (sulfide) groups is 1. The van der Waals surface area contributed by atoms with E-state index in [4.69, 9.17) is 9.47 Å². The zero-order chi connectivity index (χ0) is 19.2. The predicted molar refractivity (Wildman–Crippen MR) is 122 cm³/mol. The number of benzene rings is 2. The molecule has 1 aliphatic rings. The van der Waals surface area contributed by atoms with Gasteiger partial charge < -0.3 is 14.4 Å². The van der Waals surface area contributed by atoms with E-state index in [1.807, 2.05) is 54.3 Å². The highest BCUT2D eigenvalue weighted by Crippen LogP contribution is 2.33. The van der Waals surface area contributed by atoms with Crippen molar-refractivity contribution in [2.45, 2.75) is 13.3 Å². The molecule has 3 rings (SSSR count). The van der Waals surface area contributed by atoms with Crippen LogP contribution >= 0.6 is 28.7 Å². The molecule has 1 aliphatic heterocycles. The second kappa shape index (κ2) is 10.5. The fourth-order valence-electron chi connectivity index (χ4n) is 2.85. The Kier molecular flexibility index (Phi) is 8.38. The number of methoxy groups -OCH3 is 2. The number of amidine groups is 1. The lowest BCUT2D eigenvalue weighted by Gasteiger charge is -2.27. The number of hydrogen-bond acceptors (Lipinski definition) is 6. The molecule has 1 heterocycles. The Morgan fingerprint density at radius 3 is 2.43 bits per heavy atom. The third-order valence-electron chi connectivity index (χ3n) is 4.37. The van der Waals surface area contributed by atoms with Gasteiger partial charge in [-0.2, -0.15) is 0 Å². The van der Waals surface area contributed by atoms with Crippen LogP contribution in [0.1, 0.15) is 22.3 Å². The topological polar surface area (TPSA) is 51.1 Å². The van der Waals surface area contributed by atoms with E-state index in [2.05, 4.69) is 4.99 Å². The van der Waals surface area contributed by atoms with Crippen LogP contribution in [0.5, 0.6) is 11.5 Å². The van der Waals surface area contributed by atoms with E-state index in [-0.39, 0.29) is 29.3 Å². The van der Waals surface area contributed by atoms with Gasteiger partial charge in [-0.25, -0.2) is 0 Å². The van der Waals surface area contributed by atoms with Gasteiger partial charge in [0.2, 0.25) is 0 Å². The van der Waals surface area contributed by atoms with E-state index < -0.39 is 0 Å². The maximum Gasteiger partial charge on any atom is 0.182 e. The summed E-state index contributed by atoms with van der Waals surface area (Å²) in [7, 11) is 3.22. The van der Waals surface area contributed by atoms with Crippen molar-refractivity contribution in [3.05, 3.63) is 53.6 Å². The van der Waals surface area contributed by atoms with E-state index in [1.54, 1.807) is 26.0 Å². The molecule has 5 nitrogen and oxygen atoms in total. The number of aliphatic imine (C=N–C) groups is 1. The van der Waals surface area contributed by atoms with Crippen molar-refractivity contribution < 1.29 is 14.3 Å². The van der Waals surface area contributed by atoms with Crippen molar-refractivity contribution >= 4 is 45.4 Å². The van der Waals surface area contributed by atoms with Gasteiger partial charge in [0.1, 0.15) is 0 Å². The summed E-state index contributed by atoms with van der Waals surface area (Å²) in [4.78, 5) is 19.5. The van der Waals surface area contributed by atoms with Crippen LogP contribution < -0.4 is 14.4 Å². The Labute approximate surface area is 180 Å². The summed E-state index contributed by atoms with van der Waals surface area (Å²) in [5, 5.41) is 0.869. The number of anilines is 1. The number of rotatable bonds is 6. The maximum atomic E-state index is 12.9. The van der Waals surface area contributed by atoms with Crippen LogP contribution in [0.2, 0.25) is 0 Å². The Morgan fingerprint density at radius 1 is 1.11 bits per heavy atom. The number of nitrogens with zero attached hydrogens (tertiary/aromatic N) is 2. The molecule has 0 aromatic heterocycles. The summed E-state index contributed by atoms with van der Waals surface area (Å²) in [6.07, 6.45) is 1.06. The largest absolute Gasteiger partial charge is 0.493 e. The van der Waals surface area contributed by atoms with Crippen LogP contribution in [-0.4, -0.2) is 44.0 Å². The lowest BCUT2D eigenvalue weighted by atomic mass is 10.1. The van der Waals surface area contributed by atoms with E-state index in [0.717, 1.165) is 35.1 Å². The molecular formula is C21H25BrN2O3S. The summed E-state index contributed by atoms with van der Waals surface area (Å²) in [5.74, 6) is 2.34. The third kappa shape index (κ3) is 5.29. The summed E-state index contributed by atoms with van der Waals surface area (Å²) < 4.78 is 10.8. The molecule has 0 fully saturated rings. The van der Waals surface area contributed by atoms with Crippen LogP contribution in [0.4, 0.5) is 5.69 Å². The zero-order valence-corrected chi connectivity index (χ0v) is 18.8. The fourth-order valence-corrected chi connectivity index (χ4v) is 3.81.